The second-order valence-corrected chi connectivity index (χ2v) is 5.99. The lowest BCUT2D eigenvalue weighted by Gasteiger charge is -2.16. The van der Waals surface area contributed by atoms with E-state index in [4.69, 9.17) is 5.26 Å². The molecule has 1 aromatic rings. The van der Waals surface area contributed by atoms with E-state index < -0.39 is 0 Å². The van der Waals surface area contributed by atoms with Crippen molar-refractivity contribution in [3.8, 4) is 6.07 Å². The summed E-state index contributed by atoms with van der Waals surface area (Å²) in [4.78, 5) is 1.29. The van der Waals surface area contributed by atoms with Gasteiger partial charge in [0.05, 0.1) is 5.56 Å². The normalized spacial score (nSPS) is 20.0. The Balaban J connectivity index is 1.56. The zero-order chi connectivity index (χ0) is 11.0. The first-order chi connectivity index (χ1) is 7.86. The third-order valence-electron chi connectivity index (χ3n) is 3.55. The number of nitriles is 1. The van der Waals surface area contributed by atoms with Gasteiger partial charge in [-0.05, 0) is 43.6 Å². The Bertz CT molecular complexity index is 398. The SMILES string of the molecule is N#Cc1csc(CNC(C2CC2)C2CC2)c1. The molecule has 2 aliphatic rings. The number of thiophene rings is 1. The van der Waals surface area contributed by atoms with Crippen LogP contribution < -0.4 is 5.32 Å². The zero-order valence-corrected chi connectivity index (χ0v) is 10.1. The number of hydrogen-bond donors (Lipinski definition) is 1. The first kappa shape index (κ1) is 10.3. The van der Waals surface area contributed by atoms with Gasteiger partial charge in [-0.15, -0.1) is 11.3 Å². The Labute approximate surface area is 100 Å². The smallest absolute Gasteiger partial charge is 0.100 e. The van der Waals surface area contributed by atoms with Crippen LogP contribution in [0.5, 0.6) is 0 Å². The number of hydrogen-bond acceptors (Lipinski definition) is 3. The van der Waals surface area contributed by atoms with Gasteiger partial charge in [-0.3, -0.25) is 0 Å². The maximum Gasteiger partial charge on any atom is 0.100 e. The third-order valence-corrected chi connectivity index (χ3v) is 4.49. The van der Waals surface area contributed by atoms with Crippen LogP contribution in [-0.2, 0) is 6.54 Å². The molecule has 84 valence electrons. The highest BCUT2D eigenvalue weighted by molar-refractivity contribution is 7.10. The van der Waals surface area contributed by atoms with E-state index in [1.54, 1.807) is 11.3 Å². The van der Waals surface area contributed by atoms with Crippen molar-refractivity contribution < 1.29 is 0 Å². The number of nitrogens with zero attached hydrogens (tertiary/aromatic N) is 1. The molecule has 16 heavy (non-hydrogen) atoms. The van der Waals surface area contributed by atoms with Gasteiger partial charge in [-0.1, -0.05) is 0 Å². The van der Waals surface area contributed by atoms with Gasteiger partial charge in [-0.25, -0.2) is 0 Å². The quantitative estimate of drug-likeness (QED) is 0.847. The lowest BCUT2D eigenvalue weighted by atomic mass is 10.1. The highest BCUT2D eigenvalue weighted by atomic mass is 32.1. The second kappa shape index (κ2) is 4.20. The molecule has 0 aromatic carbocycles. The van der Waals surface area contributed by atoms with Gasteiger partial charge in [0.1, 0.15) is 6.07 Å². The van der Waals surface area contributed by atoms with E-state index >= 15 is 0 Å². The second-order valence-electron chi connectivity index (χ2n) is 5.00. The van der Waals surface area contributed by atoms with Crippen molar-refractivity contribution in [3.63, 3.8) is 0 Å². The van der Waals surface area contributed by atoms with Crippen LogP contribution in [0, 0.1) is 23.2 Å². The van der Waals surface area contributed by atoms with Crippen molar-refractivity contribution in [1.82, 2.24) is 5.32 Å². The van der Waals surface area contributed by atoms with Crippen molar-refractivity contribution in [2.24, 2.45) is 11.8 Å². The minimum atomic E-state index is 0.757. The van der Waals surface area contributed by atoms with Crippen LogP contribution >= 0.6 is 11.3 Å². The Kier molecular flexibility index (Phi) is 2.70. The molecule has 1 N–H and O–H groups in total. The summed E-state index contributed by atoms with van der Waals surface area (Å²) >= 11 is 1.70. The third kappa shape index (κ3) is 2.28. The molecule has 0 atom stereocenters. The first-order valence-electron chi connectivity index (χ1n) is 6.07. The highest BCUT2D eigenvalue weighted by Gasteiger charge is 2.40. The summed E-state index contributed by atoms with van der Waals surface area (Å²) in [6.07, 6.45) is 5.67. The van der Waals surface area contributed by atoms with Crippen molar-refractivity contribution in [1.29, 1.82) is 5.26 Å². The molecular formula is C13H16N2S. The largest absolute Gasteiger partial charge is 0.309 e. The summed E-state index contributed by atoms with van der Waals surface area (Å²) in [6, 6.07) is 4.95. The fraction of sp³-hybridized carbons (Fsp3) is 0.615. The molecule has 0 aliphatic heterocycles. The Morgan fingerprint density at radius 2 is 2.06 bits per heavy atom. The molecule has 3 heteroatoms. The van der Waals surface area contributed by atoms with Crippen LogP contribution in [0.4, 0.5) is 0 Å². The molecule has 0 spiro atoms. The van der Waals surface area contributed by atoms with E-state index in [9.17, 15) is 0 Å². The van der Waals surface area contributed by atoms with E-state index in [2.05, 4.69) is 11.4 Å². The summed E-state index contributed by atoms with van der Waals surface area (Å²) in [7, 11) is 0. The molecule has 0 radical (unpaired) electrons. The van der Waals surface area contributed by atoms with Crippen molar-refractivity contribution in [3.05, 3.63) is 21.9 Å². The summed E-state index contributed by atoms with van der Waals surface area (Å²) in [5, 5.41) is 14.4. The molecule has 3 rings (SSSR count). The Morgan fingerprint density at radius 3 is 2.56 bits per heavy atom. The fourth-order valence-electron chi connectivity index (χ4n) is 2.38. The Hall–Kier alpha value is -0.850. The van der Waals surface area contributed by atoms with E-state index in [-0.39, 0.29) is 0 Å². The molecule has 0 bridgehead atoms. The molecular weight excluding hydrogens is 216 g/mol. The van der Waals surface area contributed by atoms with Gasteiger partial charge in [-0.2, -0.15) is 5.26 Å². The summed E-state index contributed by atoms with van der Waals surface area (Å²) in [5.74, 6) is 1.89. The fourth-order valence-corrected chi connectivity index (χ4v) is 3.14. The molecule has 2 aliphatic carbocycles. The number of rotatable bonds is 5. The zero-order valence-electron chi connectivity index (χ0n) is 9.28. The van der Waals surface area contributed by atoms with Crippen LogP contribution in [0.3, 0.4) is 0 Å². The molecule has 2 nitrogen and oxygen atoms in total. The molecule has 2 saturated carbocycles. The van der Waals surface area contributed by atoms with Crippen LogP contribution in [0.2, 0.25) is 0 Å². The van der Waals surface area contributed by atoms with Gasteiger partial charge >= 0.3 is 0 Å². The van der Waals surface area contributed by atoms with Gasteiger partial charge in [0.15, 0.2) is 0 Å². The summed E-state index contributed by atoms with van der Waals surface area (Å²) in [5.41, 5.74) is 0.802. The molecule has 2 fully saturated rings. The lowest BCUT2D eigenvalue weighted by Crippen LogP contribution is -2.32. The molecule has 1 heterocycles. The van der Waals surface area contributed by atoms with E-state index in [0.717, 1.165) is 30.0 Å². The summed E-state index contributed by atoms with van der Waals surface area (Å²) < 4.78 is 0. The van der Waals surface area contributed by atoms with Crippen molar-refractivity contribution in [2.45, 2.75) is 38.3 Å². The predicted octanol–water partition coefficient (Wildman–Crippen LogP) is 2.90. The molecule has 0 amide bonds. The molecule has 1 aromatic heterocycles. The topological polar surface area (TPSA) is 35.8 Å². The van der Waals surface area contributed by atoms with E-state index in [1.807, 2.05) is 11.4 Å². The minimum absolute atomic E-state index is 0.757. The monoisotopic (exact) mass is 232 g/mol. The van der Waals surface area contributed by atoms with E-state index in [1.165, 1.54) is 30.6 Å². The van der Waals surface area contributed by atoms with Crippen LogP contribution in [0.15, 0.2) is 11.4 Å². The minimum Gasteiger partial charge on any atom is -0.309 e. The van der Waals surface area contributed by atoms with Gasteiger partial charge in [0, 0.05) is 22.8 Å². The van der Waals surface area contributed by atoms with Gasteiger partial charge < -0.3 is 5.32 Å². The van der Waals surface area contributed by atoms with Crippen LogP contribution in [-0.4, -0.2) is 6.04 Å². The summed E-state index contributed by atoms with van der Waals surface area (Å²) in [6.45, 7) is 0.948. The maximum absolute atomic E-state index is 8.76. The van der Waals surface area contributed by atoms with E-state index in [0.29, 0.717) is 0 Å². The molecule has 0 saturated heterocycles. The first-order valence-corrected chi connectivity index (χ1v) is 6.95. The van der Waals surface area contributed by atoms with Gasteiger partial charge in [0.25, 0.3) is 0 Å². The van der Waals surface area contributed by atoms with Crippen LogP contribution in [0.1, 0.15) is 36.1 Å². The average molecular weight is 232 g/mol. The average Bonchev–Trinajstić information content (AvgIpc) is 3.20. The van der Waals surface area contributed by atoms with Crippen molar-refractivity contribution in [2.75, 3.05) is 0 Å². The van der Waals surface area contributed by atoms with Crippen molar-refractivity contribution >= 4 is 11.3 Å². The highest BCUT2D eigenvalue weighted by Crippen LogP contribution is 2.44. The standard InChI is InChI=1S/C13H16N2S/c14-6-9-5-12(16-8-9)7-15-13(10-1-2-10)11-3-4-11/h5,8,10-11,13,15H,1-4,7H2. The molecule has 0 unspecified atom stereocenters. The van der Waals surface area contributed by atoms with Crippen LogP contribution in [0.25, 0.3) is 0 Å². The predicted molar refractivity (Wildman–Crippen MR) is 65.1 cm³/mol. The van der Waals surface area contributed by atoms with Gasteiger partial charge in [0.2, 0.25) is 0 Å². The number of nitrogens with one attached hydrogen (secondary N) is 1. The lowest BCUT2D eigenvalue weighted by molar-refractivity contribution is 0.417. The maximum atomic E-state index is 8.76. The Morgan fingerprint density at radius 1 is 1.38 bits per heavy atom.